The number of hydrogen-bond donors (Lipinski definition) is 0. The van der Waals surface area contributed by atoms with Crippen molar-refractivity contribution in [2.75, 3.05) is 19.7 Å². The molecule has 2 rings (SSSR count). The lowest BCUT2D eigenvalue weighted by molar-refractivity contribution is -0.147. The monoisotopic (exact) mass is 264 g/mol. The first kappa shape index (κ1) is 13.8. The Morgan fingerprint density at radius 1 is 1.42 bits per heavy atom. The Balaban J connectivity index is 2.10. The summed E-state index contributed by atoms with van der Waals surface area (Å²) in [6.45, 7) is 5.62. The molecular formula is C14H20N2O3. The highest BCUT2D eigenvalue weighted by Crippen LogP contribution is 2.22. The van der Waals surface area contributed by atoms with Crippen LogP contribution in [0.2, 0.25) is 0 Å². The summed E-state index contributed by atoms with van der Waals surface area (Å²) in [5.74, 6) is -1.56. The fourth-order valence-electron chi connectivity index (χ4n) is 2.46. The van der Waals surface area contributed by atoms with Gasteiger partial charge in [-0.2, -0.15) is 0 Å². The molecule has 0 amide bonds. The van der Waals surface area contributed by atoms with Crippen LogP contribution in [0.4, 0.5) is 0 Å². The van der Waals surface area contributed by atoms with Crippen LogP contribution in [0.3, 0.4) is 0 Å². The number of allylic oxidation sites excluding steroid dienone is 1. The molecule has 104 valence electrons. The van der Waals surface area contributed by atoms with E-state index in [4.69, 9.17) is 4.74 Å². The van der Waals surface area contributed by atoms with Crippen molar-refractivity contribution in [2.45, 2.75) is 33.1 Å². The predicted molar refractivity (Wildman–Crippen MR) is 71.7 cm³/mol. The largest absolute Gasteiger partial charge is 0.465 e. The molecule has 0 spiro atoms. The second-order valence-electron chi connectivity index (χ2n) is 4.91. The minimum atomic E-state index is -0.837. The molecule has 0 aliphatic carbocycles. The number of rotatable bonds is 3. The molecule has 5 heteroatoms. The highest BCUT2D eigenvalue weighted by atomic mass is 16.5. The van der Waals surface area contributed by atoms with Gasteiger partial charge < -0.3 is 9.64 Å². The minimum Gasteiger partial charge on any atom is -0.465 e. The predicted octanol–water partition coefficient (Wildman–Crippen LogP) is 1.54. The van der Waals surface area contributed by atoms with Crippen LogP contribution in [0.25, 0.3) is 0 Å². The first-order valence-corrected chi connectivity index (χ1v) is 6.85. The molecule has 1 saturated heterocycles. The van der Waals surface area contributed by atoms with Gasteiger partial charge in [0.15, 0.2) is 5.92 Å². The van der Waals surface area contributed by atoms with E-state index in [-0.39, 0.29) is 12.4 Å². The molecule has 2 aliphatic heterocycles. The van der Waals surface area contributed by atoms with Gasteiger partial charge in [0.1, 0.15) is 5.70 Å². The molecule has 0 aromatic carbocycles. The van der Waals surface area contributed by atoms with Gasteiger partial charge in [0.25, 0.3) is 0 Å². The Labute approximate surface area is 113 Å². The van der Waals surface area contributed by atoms with E-state index < -0.39 is 11.9 Å². The average Bonchev–Trinajstić information content (AvgIpc) is 2.66. The molecule has 1 atom stereocenters. The van der Waals surface area contributed by atoms with E-state index in [2.05, 4.69) is 9.89 Å². The van der Waals surface area contributed by atoms with Crippen molar-refractivity contribution in [1.82, 2.24) is 4.90 Å². The van der Waals surface area contributed by atoms with Crippen molar-refractivity contribution < 1.29 is 14.3 Å². The molecule has 0 aromatic rings. The number of carbonyl (C=O) groups excluding carboxylic acids is 2. The molecule has 0 saturated carbocycles. The zero-order valence-corrected chi connectivity index (χ0v) is 11.5. The molecule has 2 heterocycles. The van der Waals surface area contributed by atoms with Crippen LogP contribution < -0.4 is 0 Å². The number of piperidine rings is 1. The maximum Gasteiger partial charge on any atom is 0.322 e. The fraction of sp³-hybridized carbons (Fsp3) is 0.643. The normalized spacial score (nSPS) is 25.7. The highest BCUT2D eigenvalue weighted by Gasteiger charge is 2.38. The number of ketones is 1. The van der Waals surface area contributed by atoms with Crippen molar-refractivity contribution in [2.24, 2.45) is 10.9 Å². The van der Waals surface area contributed by atoms with E-state index in [1.54, 1.807) is 20.0 Å². The van der Waals surface area contributed by atoms with Crippen molar-refractivity contribution in [3.8, 4) is 0 Å². The first-order chi connectivity index (χ1) is 9.13. The van der Waals surface area contributed by atoms with E-state index in [9.17, 15) is 9.59 Å². The molecule has 0 aromatic heterocycles. The van der Waals surface area contributed by atoms with Crippen molar-refractivity contribution in [3.05, 3.63) is 11.9 Å². The molecule has 19 heavy (non-hydrogen) atoms. The molecule has 0 radical (unpaired) electrons. The van der Waals surface area contributed by atoms with E-state index in [1.807, 2.05) is 0 Å². The number of ether oxygens (including phenoxy) is 1. The second-order valence-corrected chi connectivity index (χ2v) is 4.91. The summed E-state index contributed by atoms with van der Waals surface area (Å²) in [6.07, 6.45) is 5.32. The number of carbonyl (C=O) groups is 2. The van der Waals surface area contributed by atoms with E-state index in [0.717, 1.165) is 25.9 Å². The van der Waals surface area contributed by atoms with Gasteiger partial charge in [-0.05, 0) is 33.1 Å². The Morgan fingerprint density at radius 2 is 2.11 bits per heavy atom. The Kier molecular flexibility index (Phi) is 4.35. The Bertz CT molecular complexity index is 434. The molecule has 0 N–H and O–H groups in total. The third-order valence-corrected chi connectivity index (χ3v) is 3.45. The number of likely N-dealkylation sites (tertiary alicyclic amines) is 1. The van der Waals surface area contributed by atoms with Gasteiger partial charge in [0.05, 0.1) is 6.61 Å². The SMILES string of the molecule is CCOC(=O)C1C(=O)/C(=C\N2CCCCC2)N=C1C. The van der Waals surface area contributed by atoms with Crippen LogP contribution in [0.15, 0.2) is 16.9 Å². The Hall–Kier alpha value is -1.65. The molecule has 5 nitrogen and oxygen atoms in total. The zero-order chi connectivity index (χ0) is 13.8. The topological polar surface area (TPSA) is 59.0 Å². The van der Waals surface area contributed by atoms with Crippen LogP contribution in [-0.4, -0.2) is 42.1 Å². The van der Waals surface area contributed by atoms with Gasteiger partial charge in [-0.1, -0.05) is 0 Å². The molecular weight excluding hydrogens is 244 g/mol. The van der Waals surface area contributed by atoms with Gasteiger partial charge in [-0.3, -0.25) is 14.6 Å². The van der Waals surface area contributed by atoms with Crippen molar-refractivity contribution >= 4 is 17.5 Å². The number of aliphatic imine (C=N–C) groups is 1. The van der Waals surface area contributed by atoms with E-state index in [0.29, 0.717) is 11.4 Å². The zero-order valence-electron chi connectivity index (χ0n) is 11.5. The third-order valence-electron chi connectivity index (χ3n) is 3.45. The van der Waals surface area contributed by atoms with Gasteiger partial charge in [-0.25, -0.2) is 0 Å². The van der Waals surface area contributed by atoms with Crippen molar-refractivity contribution in [1.29, 1.82) is 0 Å². The van der Waals surface area contributed by atoms with Crippen LogP contribution in [0.5, 0.6) is 0 Å². The van der Waals surface area contributed by atoms with Crippen LogP contribution in [-0.2, 0) is 14.3 Å². The summed E-state index contributed by atoms with van der Waals surface area (Å²) < 4.78 is 4.92. The van der Waals surface area contributed by atoms with Gasteiger partial charge in [0.2, 0.25) is 5.78 Å². The summed E-state index contributed by atoms with van der Waals surface area (Å²) >= 11 is 0. The third kappa shape index (κ3) is 3.03. The number of esters is 1. The first-order valence-electron chi connectivity index (χ1n) is 6.85. The molecule has 2 aliphatic rings. The molecule has 0 bridgehead atoms. The van der Waals surface area contributed by atoms with E-state index >= 15 is 0 Å². The summed E-state index contributed by atoms with van der Waals surface area (Å²) in [5, 5.41) is 0. The lowest BCUT2D eigenvalue weighted by atomic mass is 10.0. The van der Waals surface area contributed by atoms with Gasteiger partial charge in [-0.15, -0.1) is 0 Å². The maximum absolute atomic E-state index is 12.2. The highest BCUT2D eigenvalue weighted by molar-refractivity contribution is 6.27. The summed E-state index contributed by atoms with van der Waals surface area (Å²) in [6, 6.07) is 0. The lowest BCUT2D eigenvalue weighted by Gasteiger charge is -2.25. The fourth-order valence-corrected chi connectivity index (χ4v) is 2.46. The van der Waals surface area contributed by atoms with Crippen LogP contribution in [0, 0.1) is 5.92 Å². The standard InChI is InChI=1S/C14H20N2O3/c1-3-19-14(18)12-10(2)15-11(13(12)17)9-16-7-5-4-6-8-16/h9,12H,3-8H2,1-2H3/b11-9+. The maximum atomic E-state index is 12.2. The van der Waals surface area contributed by atoms with Crippen LogP contribution >= 0.6 is 0 Å². The summed E-state index contributed by atoms with van der Waals surface area (Å²) in [4.78, 5) is 30.3. The number of Topliss-reactive ketones (excluding diaryl/α,β-unsaturated/α-hetero) is 1. The number of hydrogen-bond acceptors (Lipinski definition) is 5. The van der Waals surface area contributed by atoms with E-state index in [1.165, 1.54) is 6.42 Å². The number of nitrogens with zero attached hydrogens (tertiary/aromatic N) is 2. The smallest absolute Gasteiger partial charge is 0.322 e. The average molecular weight is 264 g/mol. The summed E-state index contributed by atoms with van der Waals surface area (Å²) in [5.41, 5.74) is 0.921. The molecule has 1 fully saturated rings. The van der Waals surface area contributed by atoms with Gasteiger partial charge >= 0.3 is 5.97 Å². The van der Waals surface area contributed by atoms with Crippen LogP contribution in [0.1, 0.15) is 33.1 Å². The molecule has 1 unspecified atom stereocenters. The quantitative estimate of drug-likeness (QED) is 0.441. The summed E-state index contributed by atoms with van der Waals surface area (Å²) in [7, 11) is 0. The lowest BCUT2D eigenvalue weighted by Crippen LogP contribution is -2.29. The van der Waals surface area contributed by atoms with Gasteiger partial charge in [0, 0.05) is 25.0 Å². The van der Waals surface area contributed by atoms with Crippen molar-refractivity contribution in [3.63, 3.8) is 0 Å². The minimum absolute atomic E-state index is 0.235. The Morgan fingerprint density at radius 3 is 2.74 bits per heavy atom. The second kappa shape index (κ2) is 5.99.